The van der Waals surface area contributed by atoms with Gasteiger partial charge in [0.2, 0.25) is 0 Å². The van der Waals surface area contributed by atoms with Gasteiger partial charge in [-0.2, -0.15) is 0 Å². The Morgan fingerprint density at radius 2 is 0.708 bits per heavy atom. The van der Waals surface area contributed by atoms with Gasteiger partial charge in [0.1, 0.15) is 5.75 Å². The van der Waals surface area contributed by atoms with E-state index < -0.39 is 53.0 Å². The van der Waals surface area contributed by atoms with E-state index in [1.54, 1.807) is 0 Å². The van der Waals surface area contributed by atoms with Crippen LogP contribution in [0.2, 0.25) is 0 Å². The van der Waals surface area contributed by atoms with Gasteiger partial charge in [0, 0.05) is 11.1 Å². The molecule has 0 spiro atoms. The van der Waals surface area contributed by atoms with Crippen LogP contribution in [0, 0.1) is 20.8 Å². The van der Waals surface area contributed by atoms with Crippen molar-refractivity contribution in [3.05, 3.63) is 16.7 Å². The van der Waals surface area contributed by atoms with E-state index in [0.717, 1.165) is 13.8 Å². The van der Waals surface area contributed by atoms with Gasteiger partial charge >= 0.3 is 19.1 Å². The van der Waals surface area contributed by atoms with E-state index in [2.05, 4.69) is 14.2 Å². The largest absolute Gasteiger partial charge is 0.573 e. The van der Waals surface area contributed by atoms with E-state index in [1.165, 1.54) is 0 Å². The Labute approximate surface area is 128 Å². The lowest BCUT2D eigenvalue weighted by atomic mass is 10.0. The van der Waals surface area contributed by atoms with Gasteiger partial charge in [-0.1, -0.05) is 0 Å². The summed E-state index contributed by atoms with van der Waals surface area (Å²) in [6, 6.07) is 0. The minimum absolute atomic E-state index is 0.487. The molecule has 0 aliphatic rings. The fourth-order valence-corrected chi connectivity index (χ4v) is 1.81. The van der Waals surface area contributed by atoms with Gasteiger partial charge < -0.3 is 14.2 Å². The van der Waals surface area contributed by atoms with Crippen molar-refractivity contribution in [2.45, 2.75) is 39.9 Å². The lowest BCUT2D eigenvalue weighted by Gasteiger charge is -2.23. The number of alkyl halides is 9. The summed E-state index contributed by atoms with van der Waals surface area (Å²) in [5.41, 5.74) is -2.10. The summed E-state index contributed by atoms with van der Waals surface area (Å²) in [4.78, 5) is 0. The average Bonchev–Trinajstić information content (AvgIpc) is 2.32. The first-order chi connectivity index (χ1) is 10.5. The van der Waals surface area contributed by atoms with E-state index >= 15 is 0 Å². The van der Waals surface area contributed by atoms with Crippen molar-refractivity contribution >= 4 is 0 Å². The van der Waals surface area contributed by atoms with Gasteiger partial charge in [-0.15, -0.1) is 39.5 Å². The van der Waals surface area contributed by atoms with Crippen LogP contribution < -0.4 is 14.2 Å². The number of hydrogen-bond donors (Lipinski definition) is 0. The topological polar surface area (TPSA) is 27.7 Å². The van der Waals surface area contributed by atoms with Crippen molar-refractivity contribution < 1.29 is 53.7 Å². The Kier molecular flexibility index (Phi) is 5.12. The van der Waals surface area contributed by atoms with E-state index in [1.807, 2.05) is 0 Å². The molecule has 0 unspecified atom stereocenters. The van der Waals surface area contributed by atoms with Crippen LogP contribution in [0.15, 0.2) is 0 Å². The molecule has 0 N–H and O–H groups in total. The maximum atomic E-state index is 12.4. The minimum Gasteiger partial charge on any atom is -0.405 e. The zero-order chi connectivity index (χ0) is 19.1. The Balaban J connectivity index is 3.65. The second kappa shape index (κ2) is 6.13. The molecular formula is C12H9F9O3. The smallest absolute Gasteiger partial charge is 0.405 e. The number of benzene rings is 1. The average molecular weight is 372 g/mol. The Hall–Kier alpha value is -2.01. The highest BCUT2D eigenvalue weighted by Crippen LogP contribution is 2.47. The van der Waals surface area contributed by atoms with Gasteiger partial charge in [-0.05, 0) is 26.3 Å². The standard InChI is InChI=1S/C12H9F9O3/c1-4-5(2)8(23-11(16,17)18)9(24-12(19,20)21)6(3)7(4)22-10(13,14)15/h1-3H3. The van der Waals surface area contributed by atoms with E-state index in [0.29, 0.717) is 6.92 Å². The van der Waals surface area contributed by atoms with E-state index in [9.17, 15) is 39.5 Å². The lowest BCUT2D eigenvalue weighted by Crippen LogP contribution is -2.24. The third-order valence-corrected chi connectivity index (χ3v) is 2.78. The van der Waals surface area contributed by atoms with Crippen molar-refractivity contribution in [2.24, 2.45) is 0 Å². The monoisotopic (exact) mass is 372 g/mol. The highest BCUT2D eigenvalue weighted by atomic mass is 19.4. The third-order valence-electron chi connectivity index (χ3n) is 2.78. The van der Waals surface area contributed by atoms with Crippen LogP contribution in [0.4, 0.5) is 39.5 Å². The molecule has 0 fully saturated rings. The van der Waals surface area contributed by atoms with E-state index in [-0.39, 0.29) is 0 Å². The van der Waals surface area contributed by atoms with Crippen molar-refractivity contribution in [2.75, 3.05) is 0 Å². The first-order valence-electron chi connectivity index (χ1n) is 5.93. The molecule has 1 aromatic carbocycles. The molecule has 24 heavy (non-hydrogen) atoms. The SMILES string of the molecule is Cc1c(C)c(OC(F)(F)F)c(OC(F)(F)F)c(C)c1OC(F)(F)F. The molecule has 0 atom stereocenters. The molecule has 0 amide bonds. The summed E-state index contributed by atoms with van der Waals surface area (Å²) >= 11 is 0. The molecule has 0 saturated heterocycles. The molecule has 1 aromatic rings. The molecule has 12 heteroatoms. The number of rotatable bonds is 3. The molecule has 0 radical (unpaired) electrons. The molecule has 0 bridgehead atoms. The second-order valence-electron chi connectivity index (χ2n) is 4.51. The van der Waals surface area contributed by atoms with E-state index in [4.69, 9.17) is 0 Å². The first kappa shape index (κ1) is 20.0. The number of hydrogen-bond acceptors (Lipinski definition) is 3. The minimum atomic E-state index is -5.47. The van der Waals surface area contributed by atoms with Gasteiger partial charge in [0.25, 0.3) is 0 Å². The molecule has 0 aliphatic heterocycles. The summed E-state index contributed by atoms with van der Waals surface area (Å²) in [6.45, 7) is 2.45. The quantitative estimate of drug-likeness (QED) is 0.674. The summed E-state index contributed by atoms with van der Waals surface area (Å²) < 4.78 is 122. The van der Waals surface area contributed by atoms with Crippen LogP contribution in [0.3, 0.4) is 0 Å². The van der Waals surface area contributed by atoms with Crippen LogP contribution in [-0.4, -0.2) is 19.1 Å². The molecule has 0 aliphatic carbocycles. The maximum Gasteiger partial charge on any atom is 0.573 e. The summed E-state index contributed by atoms with van der Waals surface area (Å²) in [6.07, 6.45) is -16.1. The van der Waals surface area contributed by atoms with Gasteiger partial charge in [0.05, 0.1) is 0 Å². The lowest BCUT2D eigenvalue weighted by molar-refractivity contribution is -0.288. The van der Waals surface area contributed by atoms with Crippen LogP contribution >= 0.6 is 0 Å². The van der Waals surface area contributed by atoms with Crippen molar-refractivity contribution in [3.8, 4) is 17.2 Å². The fraction of sp³-hybridized carbons (Fsp3) is 0.500. The first-order valence-corrected chi connectivity index (χ1v) is 5.93. The summed E-state index contributed by atoms with van der Waals surface area (Å²) in [7, 11) is 0. The van der Waals surface area contributed by atoms with Crippen LogP contribution in [0.25, 0.3) is 0 Å². The fourth-order valence-electron chi connectivity index (χ4n) is 1.81. The molecule has 138 valence electrons. The molecule has 3 nitrogen and oxygen atoms in total. The highest BCUT2D eigenvalue weighted by molar-refractivity contribution is 5.62. The maximum absolute atomic E-state index is 12.4. The predicted octanol–water partition coefficient (Wildman–Crippen LogP) is 5.31. The summed E-state index contributed by atoms with van der Waals surface area (Å²) in [5.74, 6) is -4.07. The molecule has 0 aromatic heterocycles. The Bertz CT molecular complexity index is 614. The van der Waals surface area contributed by atoms with Crippen LogP contribution in [0.5, 0.6) is 17.2 Å². The van der Waals surface area contributed by atoms with Crippen molar-refractivity contribution in [1.82, 2.24) is 0 Å². The van der Waals surface area contributed by atoms with Crippen LogP contribution in [0.1, 0.15) is 16.7 Å². The molecule has 0 heterocycles. The predicted molar refractivity (Wildman–Crippen MR) is 60.7 cm³/mol. The zero-order valence-corrected chi connectivity index (χ0v) is 12.1. The Morgan fingerprint density at radius 3 is 1.04 bits per heavy atom. The van der Waals surface area contributed by atoms with Gasteiger partial charge in [-0.25, -0.2) is 0 Å². The Morgan fingerprint density at radius 1 is 0.458 bits per heavy atom. The van der Waals surface area contributed by atoms with Gasteiger partial charge in [-0.3, -0.25) is 0 Å². The van der Waals surface area contributed by atoms with Crippen molar-refractivity contribution in [1.29, 1.82) is 0 Å². The highest BCUT2D eigenvalue weighted by Gasteiger charge is 2.41. The molecule has 0 saturated carbocycles. The molecular weight excluding hydrogens is 363 g/mol. The van der Waals surface area contributed by atoms with Crippen molar-refractivity contribution in [3.63, 3.8) is 0 Å². The zero-order valence-electron chi connectivity index (χ0n) is 12.1. The second-order valence-corrected chi connectivity index (χ2v) is 4.51. The van der Waals surface area contributed by atoms with Gasteiger partial charge in [0.15, 0.2) is 11.5 Å². The third kappa shape index (κ3) is 5.27. The number of halogens is 9. The normalized spacial score (nSPS) is 13.0. The molecule has 1 rings (SSSR count). The summed E-state index contributed by atoms with van der Waals surface area (Å²) in [5, 5.41) is 0. The number of ether oxygens (including phenoxy) is 3. The van der Waals surface area contributed by atoms with Crippen LogP contribution in [-0.2, 0) is 0 Å².